The molecule has 2 rings (SSSR count). The Morgan fingerprint density at radius 3 is 2.50 bits per heavy atom. The summed E-state index contributed by atoms with van der Waals surface area (Å²) in [5.41, 5.74) is 3.87. The lowest BCUT2D eigenvalue weighted by Gasteiger charge is -2.09. The van der Waals surface area contributed by atoms with Crippen molar-refractivity contribution >= 4 is 11.8 Å². The van der Waals surface area contributed by atoms with Gasteiger partial charge in [0.15, 0.2) is 0 Å². The van der Waals surface area contributed by atoms with Gasteiger partial charge in [-0.3, -0.25) is 20.4 Å². The van der Waals surface area contributed by atoms with Gasteiger partial charge in [-0.15, -0.1) is 0 Å². The molecule has 1 aliphatic rings. The van der Waals surface area contributed by atoms with E-state index in [1.807, 2.05) is 0 Å². The molecule has 0 bridgehead atoms. The average molecular weight is 286 g/mol. The van der Waals surface area contributed by atoms with Gasteiger partial charge < -0.3 is 0 Å². The number of hydrogen-bond donors (Lipinski definition) is 2. The van der Waals surface area contributed by atoms with E-state index in [2.05, 4.69) is 10.9 Å². The van der Waals surface area contributed by atoms with Gasteiger partial charge in [-0.05, 0) is 24.5 Å². The van der Waals surface area contributed by atoms with Crippen molar-refractivity contribution in [1.29, 1.82) is 0 Å². The van der Waals surface area contributed by atoms with Crippen LogP contribution in [0.15, 0.2) is 24.3 Å². The van der Waals surface area contributed by atoms with Crippen LogP contribution < -0.4 is 10.9 Å². The van der Waals surface area contributed by atoms with Crippen molar-refractivity contribution in [2.75, 3.05) is 0 Å². The Morgan fingerprint density at radius 2 is 1.90 bits per heavy atom. The van der Waals surface area contributed by atoms with Crippen LogP contribution in [0.1, 0.15) is 24.0 Å². The van der Waals surface area contributed by atoms with E-state index in [0.29, 0.717) is 0 Å². The number of hydrogen-bond acceptors (Lipinski definition) is 2. The number of rotatable bonds is 3. The Kier molecular flexibility index (Phi) is 3.96. The van der Waals surface area contributed by atoms with E-state index in [1.165, 1.54) is 12.1 Å². The van der Waals surface area contributed by atoms with Gasteiger partial charge in [0.1, 0.15) is 0 Å². The summed E-state index contributed by atoms with van der Waals surface area (Å²) in [7, 11) is 0. The molecule has 1 aromatic rings. The van der Waals surface area contributed by atoms with Crippen LogP contribution in [0.25, 0.3) is 0 Å². The summed E-state index contributed by atoms with van der Waals surface area (Å²) < 4.78 is 37.5. The van der Waals surface area contributed by atoms with Crippen molar-refractivity contribution in [3.05, 3.63) is 35.4 Å². The lowest BCUT2D eigenvalue weighted by atomic mass is 10.1. The third-order valence-corrected chi connectivity index (χ3v) is 2.89. The SMILES string of the molecule is O=C(Cc1cccc(C(F)(F)F)c1)NNC(=O)C1CC1. The summed E-state index contributed by atoms with van der Waals surface area (Å²) in [4.78, 5) is 22.8. The number of nitrogens with one attached hydrogen (secondary N) is 2. The normalized spacial score (nSPS) is 14.8. The van der Waals surface area contributed by atoms with Gasteiger partial charge in [0.05, 0.1) is 12.0 Å². The molecule has 1 saturated carbocycles. The van der Waals surface area contributed by atoms with Gasteiger partial charge in [0.2, 0.25) is 11.8 Å². The number of carbonyl (C=O) groups is 2. The highest BCUT2D eigenvalue weighted by Gasteiger charge is 2.31. The maximum atomic E-state index is 12.5. The van der Waals surface area contributed by atoms with E-state index in [-0.39, 0.29) is 23.8 Å². The molecule has 1 fully saturated rings. The van der Waals surface area contributed by atoms with E-state index in [1.54, 1.807) is 0 Å². The minimum absolute atomic E-state index is 0.0520. The number of halogens is 3. The molecule has 2 N–H and O–H groups in total. The third kappa shape index (κ3) is 3.97. The van der Waals surface area contributed by atoms with Crippen LogP contribution in [0.5, 0.6) is 0 Å². The second-order valence-electron chi connectivity index (χ2n) is 4.69. The lowest BCUT2D eigenvalue weighted by Crippen LogP contribution is -2.43. The zero-order valence-electron chi connectivity index (χ0n) is 10.5. The van der Waals surface area contributed by atoms with Crippen molar-refractivity contribution in [2.24, 2.45) is 5.92 Å². The molecule has 0 unspecified atom stereocenters. The van der Waals surface area contributed by atoms with E-state index in [4.69, 9.17) is 0 Å². The highest BCUT2D eigenvalue weighted by Crippen LogP contribution is 2.29. The molecule has 0 saturated heterocycles. The van der Waals surface area contributed by atoms with Crippen molar-refractivity contribution in [3.63, 3.8) is 0 Å². The maximum absolute atomic E-state index is 12.5. The minimum Gasteiger partial charge on any atom is -0.273 e. The summed E-state index contributed by atoms with van der Waals surface area (Å²) in [6.07, 6.45) is -3.06. The average Bonchev–Trinajstić information content (AvgIpc) is 3.19. The summed E-state index contributed by atoms with van der Waals surface area (Å²) in [5, 5.41) is 0. The fourth-order valence-corrected chi connectivity index (χ4v) is 1.67. The Morgan fingerprint density at radius 1 is 1.20 bits per heavy atom. The number of alkyl halides is 3. The fourth-order valence-electron chi connectivity index (χ4n) is 1.67. The molecular formula is C13H13F3N2O2. The Bertz CT molecular complexity index is 525. The Hall–Kier alpha value is -2.05. The Labute approximate surface area is 113 Å². The van der Waals surface area contributed by atoms with Gasteiger partial charge in [-0.2, -0.15) is 13.2 Å². The molecule has 0 spiro atoms. The predicted octanol–water partition coefficient (Wildman–Crippen LogP) is 1.81. The molecule has 20 heavy (non-hydrogen) atoms. The molecule has 4 nitrogen and oxygen atoms in total. The Balaban J connectivity index is 1.88. The molecule has 0 atom stereocenters. The largest absolute Gasteiger partial charge is 0.416 e. The van der Waals surface area contributed by atoms with Crippen LogP contribution in [0.4, 0.5) is 13.2 Å². The first-order valence-corrected chi connectivity index (χ1v) is 6.11. The van der Waals surface area contributed by atoms with Crippen LogP contribution in [0.3, 0.4) is 0 Å². The number of benzene rings is 1. The van der Waals surface area contributed by atoms with E-state index in [0.717, 1.165) is 25.0 Å². The van der Waals surface area contributed by atoms with Crippen LogP contribution in [-0.4, -0.2) is 11.8 Å². The van der Waals surface area contributed by atoms with Crippen molar-refractivity contribution in [1.82, 2.24) is 10.9 Å². The van der Waals surface area contributed by atoms with Gasteiger partial charge in [-0.25, -0.2) is 0 Å². The smallest absolute Gasteiger partial charge is 0.273 e. The minimum atomic E-state index is -4.44. The van der Waals surface area contributed by atoms with E-state index < -0.39 is 17.6 Å². The van der Waals surface area contributed by atoms with Crippen LogP contribution in [-0.2, 0) is 22.2 Å². The zero-order chi connectivity index (χ0) is 14.8. The summed E-state index contributed by atoms with van der Waals surface area (Å²) in [5.74, 6) is -0.871. The molecule has 0 aliphatic heterocycles. The second-order valence-corrected chi connectivity index (χ2v) is 4.69. The summed E-state index contributed by atoms with van der Waals surface area (Å²) in [6.45, 7) is 0. The van der Waals surface area contributed by atoms with Crippen LogP contribution in [0.2, 0.25) is 0 Å². The van der Waals surface area contributed by atoms with Gasteiger partial charge in [0, 0.05) is 5.92 Å². The highest BCUT2D eigenvalue weighted by molar-refractivity contribution is 5.85. The maximum Gasteiger partial charge on any atom is 0.416 e. The van der Waals surface area contributed by atoms with Gasteiger partial charge in [0.25, 0.3) is 0 Å². The van der Waals surface area contributed by atoms with Crippen molar-refractivity contribution in [3.8, 4) is 0 Å². The number of carbonyl (C=O) groups excluding carboxylic acids is 2. The first-order valence-electron chi connectivity index (χ1n) is 6.11. The third-order valence-electron chi connectivity index (χ3n) is 2.89. The number of hydrazine groups is 1. The van der Waals surface area contributed by atoms with Crippen LogP contribution >= 0.6 is 0 Å². The number of amides is 2. The molecule has 0 radical (unpaired) electrons. The van der Waals surface area contributed by atoms with E-state index >= 15 is 0 Å². The quantitative estimate of drug-likeness (QED) is 0.833. The van der Waals surface area contributed by atoms with Crippen molar-refractivity contribution < 1.29 is 22.8 Å². The summed E-state index contributed by atoms with van der Waals surface area (Å²) >= 11 is 0. The van der Waals surface area contributed by atoms with E-state index in [9.17, 15) is 22.8 Å². The van der Waals surface area contributed by atoms with Crippen molar-refractivity contribution in [2.45, 2.75) is 25.4 Å². The molecule has 7 heteroatoms. The first-order chi connectivity index (χ1) is 9.36. The van der Waals surface area contributed by atoms with Crippen LogP contribution in [0, 0.1) is 5.92 Å². The zero-order valence-corrected chi connectivity index (χ0v) is 10.5. The second kappa shape index (κ2) is 5.52. The lowest BCUT2D eigenvalue weighted by molar-refractivity contribution is -0.137. The summed E-state index contributed by atoms with van der Waals surface area (Å²) in [6, 6.07) is 4.53. The molecule has 1 aliphatic carbocycles. The molecular weight excluding hydrogens is 273 g/mol. The molecule has 0 aromatic heterocycles. The predicted molar refractivity (Wildman–Crippen MR) is 64.2 cm³/mol. The molecule has 108 valence electrons. The molecule has 1 aromatic carbocycles. The molecule has 2 amide bonds. The molecule has 0 heterocycles. The standard InChI is InChI=1S/C13H13F3N2O2/c14-13(15,16)10-3-1-2-8(6-10)7-11(19)17-18-12(20)9-4-5-9/h1-3,6,9H,4-5,7H2,(H,17,19)(H,18,20). The van der Waals surface area contributed by atoms with Gasteiger partial charge in [-0.1, -0.05) is 18.2 Å². The monoisotopic (exact) mass is 286 g/mol. The first kappa shape index (κ1) is 14.4. The van der Waals surface area contributed by atoms with Gasteiger partial charge >= 0.3 is 6.18 Å². The fraction of sp³-hybridized carbons (Fsp3) is 0.385. The topological polar surface area (TPSA) is 58.2 Å². The highest BCUT2D eigenvalue weighted by atomic mass is 19.4.